The van der Waals surface area contributed by atoms with Crippen molar-refractivity contribution in [3.05, 3.63) is 53.3 Å². The molecule has 126 valence electrons. The molecule has 0 unspecified atom stereocenters. The van der Waals surface area contributed by atoms with Gasteiger partial charge in [0.15, 0.2) is 0 Å². The first-order chi connectivity index (χ1) is 12.3. The maximum absolute atomic E-state index is 8.59. The Morgan fingerprint density at radius 1 is 1.28 bits per heavy atom. The second-order valence-corrected chi connectivity index (χ2v) is 6.55. The van der Waals surface area contributed by atoms with Crippen molar-refractivity contribution in [2.24, 2.45) is 4.99 Å². The third-order valence-corrected chi connectivity index (χ3v) is 4.61. The van der Waals surface area contributed by atoms with Crippen LogP contribution in [-0.2, 0) is 6.54 Å². The van der Waals surface area contributed by atoms with E-state index in [2.05, 4.69) is 21.0 Å². The molecule has 0 atom stereocenters. The highest BCUT2D eigenvalue weighted by Crippen LogP contribution is 2.30. The van der Waals surface area contributed by atoms with Crippen molar-refractivity contribution < 1.29 is 4.74 Å². The van der Waals surface area contributed by atoms with Gasteiger partial charge in [0.05, 0.1) is 35.3 Å². The van der Waals surface area contributed by atoms with Gasteiger partial charge in [-0.2, -0.15) is 5.26 Å². The van der Waals surface area contributed by atoms with Gasteiger partial charge in [0, 0.05) is 12.6 Å². The monoisotopic (exact) mass is 350 g/mol. The SMILES string of the molecule is CC(=NCc1nc2c(OCCCC#N)cccc2s1)c1ccccn1. The first kappa shape index (κ1) is 17.1. The van der Waals surface area contributed by atoms with E-state index in [1.807, 2.05) is 43.3 Å². The van der Waals surface area contributed by atoms with Crippen LogP contribution in [0.5, 0.6) is 5.75 Å². The molecule has 0 aliphatic heterocycles. The number of aromatic nitrogens is 2. The highest BCUT2D eigenvalue weighted by atomic mass is 32.1. The van der Waals surface area contributed by atoms with Gasteiger partial charge in [0.2, 0.25) is 0 Å². The van der Waals surface area contributed by atoms with Crippen molar-refractivity contribution in [2.45, 2.75) is 26.3 Å². The second kappa shape index (κ2) is 8.36. The Hall–Kier alpha value is -2.78. The zero-order chi connectivity index (χ0) is 17.5. The minimum Gasteiger partial charge on any atom is -0.491 e. The number of thiazole rings is 1. The number of nitriles is 1. The number of fused-ring (bicyclic) bond motifs is 1. The van der Waals surface area contributed by atoms with E-state index in [1.165, 1.54) is 0 Å². The molecule has 5 nitrogen and oxygen atoms in total. The maximum Gasteiger partial charge on any atom is 0.146 e. The van der Waals surface area contributed by atoms with Gasteiger partial charge >= 0.3 is 0 Å². The minimum atomic E-state index is 0.500. The molecule has 3 aromatic rings. The van der Waals surface area contributed by atoms with Crippen molar-refractivity contribution in [1.82, 2.24) is 9.97 Å². The van der Waals surface area contributed by atoms with Crippen LogP contribution in [0.15, 0.2) is 47.6 Å². The van der Waals surface area contributed by atoms with Gasteiger partial charge in [-0.25, -0.2) is 4.98 Å². The first-order valence-electron chi connectivity index (χ1n) is 8.08. The third kappa shape index (κ3) is 4.40. The smallest absolute Gasteiger partial charge is 0.146 e. The van der Waals surface area contributed by atoms with Gasteiger partial charge in [0.25, 0.3) is 0 Å². The lowest BCUT2D eigenvalue weighted by Crippen LogP contribution is -1.98. The number of para-hydroxylation sites is 1. The highest BCUT2D eigenvalue weighted by Gasteiger charge is 2.09. The summed E-state index contributed by atoms with van der Waals surface area (Å²) in [6, 6.07) is 13.8. The lowest BCUT2D eigenvalue weighted by molar-refractivity contribution is 0.316. The zero-order valence-electron chi connectivity index (χ0n) is 14.0. The Balaban J connectivity index is 1.74. The van der Waals surface area contributed by atoms with Gasteiger partial charge in [-0.1, -0.05) is 12.1 Å². The fourth-order valence-corrected chi connectivity index (χ4v) is 3.24. The molecule has 3 rings (SSSR count). The Labute approximate surface area is 150 Å². The summed E-state index contributed by atoms with van der Waals surface area (Å²) < 4.78 is 6.86. The molecule has 0 aliphatic rings. The molecule has 0 saturated heterocycles. The Morgan fingerprint density at radius 3 is 3.00 bits per heavy atom. The van der Waals surface area contributed by atoms with Crippen LogP contribution in [0.25, 0.3) is 10.2 Å². The van der Waals surface area contributed by atoms with Crippen LogP contribution in [0.1, 0.15) is 30.5 Å². The second-order valence-electron chi connectivity index (χ2n) is 5.44. The number of hydrogen-bond acceptors (Lipinski definition) is 6. The van der Waals surface area contributed by atoms with Crippen LogP contribution in [0.2, 0.25) is 0 Å². The standard InChI is InChI=1S/C19H18N4OS/c1-14(15-7-2-4-11-21-15)22-13-18-23-19-16(24-12-5-3-10-20)8-6-9-17(19)25-18/h2,4,6-9,11H,3,5,12-13H2,1H3. The molecule has 2 aromatic heterocycles. The largest absolute Gasteiger partial charge is 0.491 e. The van der Waals surface area contributed by atoms with Gasteiger partial charge < -0.3 is 4.74 Å². The number of unbranched alkanes of at least 4 members (excludes halogenated alkanes) is 1. The maximum atomic E-state index is 8.59. The molecule has 25 heavy (non-hydrogen) atoms. The number of nitrogens with zero attached hydrogens (tertiary/aromatic N) is 4. The average molecular weight is 350 g/mol. The van der Waals surface area contributed by atoms with Gasteiger partial charge in [-0.15, -0.1) is 11.3 Å². The Bertz CT molecular complexity index is 912. The number of benzene rings is 1. The topological polar surface area (TPSA) is 71.2 Å². The molecule has 0 aliphatic carbocycles. The summed E-state index contributed by atoms with van der Waals surface area (Å²) >= 11 is 1.62. The van der Waals surface area contributed by atoms with Gasteiger partial charge in [0.1, 0.15) is 16.3 Å². The quantitative estimate of drug-likeness (QED) is 0.468. The van der Waals surface area contributed by atoms with Gasteiger partial charge in [-0.3, -0.25) is 9.98 Å². The van der Waals surface area contributed by atoms with E-state index >= 15 is 0 Å². The van der Waals surface area contributed by atoms with Gasteiger partial charge in [-0.05, 0) is 37.6 Å². The molecule has 0 bridgehead atoms. The van der Waals surface area contributed by atoms with Crippen LogP contribution in [0, 0.1) is 11.3 Å². The summed E-state index contributed by atoms with van der Waals surface area (Å²) in [6.07, 6.45) is 2.99. The summed E-state index contributed by atoms with van der Waals surface area (Å²) in [4.78, 5) is 13.6. The normalized spacial score (nSPS) is 11.4. The molecule has 0 amide bonds. The molecule has 0 radical (unpaired) electrons. The highest BCUT2D eigenvalue weighted by molar-refractivity contribution is 7.18. The molecular weight excluding hydrogens is 332 g/mol. The molecular formula is C19H18N4OS. The molecule has 0 fully saturated rings. The molecule has 2 heterocycles. The minimum absolute atomic E-state index is 0.500. The van der Waals surface area contributed by atoms with Crippen LogP contribution in [0.4, 0.5) is 0 Å². The third-order valence-electron chi connectivity index (χ3n) is 3.60. The van der Waals surface area contributed by atoms with E-state index in [0.29, 0.717) is 19.6 Å². The van der Waals surface area contributed by atoms with Crippen LogP contribution < -0.4 is 4.74 Å². The van der Waals surface area contributed by atoms with Crippen LogP contribution in [0.3, 0.4) is 0 Å². The number of ether oxygens (including phenoxy) is 1. The van der Waals surface area contributed by atoms with E-state index in [0.717, 1.165) is 38.8 Å². The fraction of sp³-hybridized carbons (Fsp3) is 0.263. The van der Waals surface area contributed by atoms with E-state index in [-0.39, 0.29) is 0 Å². The van der Waals surface area contributed by atoms with E-state index in [9.17, 15) is 0 Å². The van der Waals surface area contributed by atoms with Crippen molar-refractivity contribution in [3.8, 4) is 11.8 Å². The van der Waals surface area contributed by atoms with Crippen molar-refractivity contribution in [3.63, 3.8) is 0 Å². The molecule has 6 heteroatoms. The lowest BCUT2D eigenvalue weighted by Gasteiger charge is -2.04. The van der Waals surface area contributed by atoms with E-state index in [4.69, 9.17) is 10.00 Å². The molecule has 1 aromatic carbocycles. The number of pyridine rings is 1. The van der Waals surface area contributed by atoms with E-state index < -0.39 is 0 Å². The zero-order valence-corrected chi connectivity index (χ0v) is 14.8. The summed E-state index contributed by atoms with van der Waals surface area (Å²) in [7, 11) is 0. The molecule has 0 spiro atoms. The molecule has 0 saturated carbocycles. The summed E-state index contributed by atoms with van der Waals surface area (Å²) in [5, 5.41) is 9.53. The summed E-state index contributed by atoms with van der Waals surface area (Å²) in [5.74, 6) is 0.767. The predicted octanol–water partition coefficient (Wildman–Crippen LogP) is 4.38. The molecule has 0 N–H and O–H groups in total. The first-order valence-corrected chi connectivity index (χ1v) is 8.90. The van der Waals surface area contributed by atoms with Crippen molar-refractivity contribution >= 4 is 27.3 Å². The fourth-order valence-electron chi connectivity index (χ4n) is 2.33. The Morgan fingerprint density at radius 2 is 2.20 bits per heavy atom. The Kier molecular flexibility index (Phi) is 5.70. The van der Waals surface area contributed by atoms with Crippen LogP contribution in [-0.4, -0.2) is 22.3 Å². The number of rotatable bonds is 7. The summed E-state index contributed by atoms with van der Waals surface area (Å²) in [6.45, 7) is 3.01. The van der Waals surface area contributed by atoms with E-state index in [1.54, 1.807) is 17.5 Å². The lowest BCUT2D eigenvalue weighted by atomic mass is 10.2. The van der Waals surface area contributed by atoms with Crippen molar-refractivity contribution in [1.29, 1.82) is 5.26 Å². The average Bonchev–Trinajstić information content (AvgIpc) is 3.08. The predicted molar refractivity (Wildman–Crippen MR) is 100 cm³/mol. The number of aliphatic imine (C=N–C) groups is 1. The number of hydrogen-bond donors (Lipinski definition) is 0. The van der Waals surface area contributed by atoms with Crippen molar-refractivity contribution in [2.75, 3.05) is 6.61 Å². The van der Waals surface area contributed by atoms with Crippen LogP contribution >= 0.6 is 11.3 Å². The summed E-state index contributed by atoms with van der Waals surface area (Å²) in [5.41, 5.74) is 2.64.